The molecule has 1 unspecified atom stereocenters. The Balaban J connectivity index is 1.63. The van der Waals surface area contributed by atoms with Crippen LogP contribution in [0.2, 0.25) is 5.02 Å². The average molecular weight is 449 g/mol. The Bertz CT molecular complexity index is 738. The Kier molecular flexibility index (Phi) is 9.24. The van der Waals surface area contributed by atoms with E-state index in [9.17, 15) is 4.79 Å². The van der Waals surface area contributed by atoms with E-state index >= 15 is 0 Å². The largest absolute Gasteiger partial charge is 0.465 e. The smallest absolute Gasteiger partial charge is 0.246 e. The molecule has 1 aliphatic carbocycles. The van der Waals surface area contributed by atoms with Gasteiger partial charge in [0.25, 0.3) is 0 Å². The van der Waals surface area contributed by atoms with Crippen LogP contribution in [-0.4, -0.2) is 61.8 Å². The maximum absolute atomic E-state index is 13.1. The van der Waals surface area contributed by atoms with Crippen molar-refractivity contribution < 1.29 is 14.3 Å². The third-order valence-electron chi connectivity index (χ3n) is 6.28. The normalized spacial score (nSPS) is 24.5. The van der Waals surface area contributed by atoms with E-state index < -0.39 is 0 Å². The van der Waals surface area contributed by atoms with Crippen LogP contribution in [0.5, 0.6) is 5.75 Å². The Labute approximate surface area is 192 Å². The molecular weight excluding hydrogens is 412 g/mol. The fraction of sp³-hybridized carbons (Fsp3) is 0.640. The molecule has 2 aliphatic rings. The van der Waals surface area contributed by atoms with Crippen molar-refractivity contribution in [3.8, 4) is 5.75 Å². The summed E-state index contributed by atoms with van der Waals surface area (Å²) in [6.45, 7) is 4.65. The first-order valence-corrected chi connectivity index (χ1v) is 12.0. The number of halogens is 1. The maximum atomic E-state index is 13.1. The van der Waals surface area contributed by atoms with Gasteiger partial charge in [0.1, 0.15) is 5.75 Å². The van der Waals surface area contributed by atoms with Gasteiger partial charge in [0.15, 0.2) is 6.29 Å². The lowest BCUT2D eigenvalue weighted by molar-refractivity contribution is -0.129. The highest BCUT2D eigenvalue weighted by molar-refractivity contribution is 6.32. The average Bonchev–Trinajstić information content (AvgIpc) is 2.75. The molecule has 1 amide bonds. The molecule has 3 rings (SSSR count). The zero-order valence-corrected chi connectivity index (χ0v) is 19.9. The summed E-state index contributed by atoms with van der Waals surface area (Å²) in [4.78, 5) is 17.3. The van der Waals surface area contributed by atoms with Gasteiger partial charge < -0.3 is 19.3 Å². The van der Waals surface area contributed by atoms with Crippen molar-refractivity contribution in [2.75, 3.05) is 33.8 Å². The third-order valence-corrected chi connectivity index (χ3v) is 6.61. The minimum atomic E-state index is -0.198. The van der Waals surface area contributed by atoms with Crippen molar-refractivity contribution in [1.29, 1.82) is 0 Å². The summed E-state index contributed by atoms with van der Waals surface area (Å²) < 4.78 is 11.5. The van der Waals surface area contributed by atoms with E-state index in [-0.39, 0.29) is 12.2 Å². The predicted molar refractivity (Wildman–Crippen MR) is 126 cm³/mol. The highest BCUT2D eigenvalue weighted by Gasteiger charge is 2.26. The van der Waals surface area contributed by atoms with Crippen molar-refractivity contribution in [2.45, 2.75) is 64.2 Å². The van der Waals surface area contributed by atoms with E-state index in [4.69, 9.17) is 21.1 Å². The number of hydrogen-bond acceptors (Lipinski definition) is 4. The number of likely N-dealkylation sites (N-methyl/N-ethyl adjacent to an activating group) is 1. The lowest BCUT2D eigenvalue weighted by Gasteiger charge is -2.36. The van der Waals surface area contributed by atoms with Crippen LogP contribution in [0.4, 0.5) is 0 Å². The molecule has 2 fully saturated rings. The molecule has 172 valence electrons. The van der Waals surface area contributed by atoms with Crippen LogP contribution in [0, 0.1) is 5.92 Å². The van der Waals surface area contributed by atoms with E-state index in [0.717, 1.165) is 63.3 Å². The summed E-state index contributed by atoms with van der Waals surface area (Å²) in [5, 5.41) is 0.573. The third kappa shape index (κ3) is 7.51. The van der Waals surface area contributed by atoms with Gasteiger partial charge in [-0.1, -0.05) is 18.5 Å². The number of hydrogen-bond donors (Lipinski definition) is 0. The minimum Gasteiger partial charge on any atom is -0.465 e. The molecule has 1 aromatic rings. The van der Waals surface area contributed by atoms with Crippen molar-refractivity contribution >= 4 is 23.6 Å². The number of carbonyl (C=O) groups is 1. The molecule has 1 atom stereocenters. The molecule has 1 saturated carbocycles. The van der Waals surface area contributed by atoms with Gasteiger partial charge in [0.05, 0.1) is 11.6 Å². The summed E-state index contributed by atoms with van der Waals surface area (Å²) in [7, 11) is 4.09. The van der Waals surface area contributed by atoms with Crippen LogP contribution in [0.3, 0.4) is 0 Å². The number of ether oxygens (including phenoxy) is 2. The van der Waals surface area contributed by atoms with Gasteiger partial charge in [0.2, 0.25) is 5.91 Å². The van der Waals surface area contributed by atoms with Gasteiger partial charge in [-0.3, -0.25) is 4.79 Å². The van der Waals surface area contributed by atoms with Crippen LogP contribution in [0.15, 0.2) is 24.3 Å². The summed E-state index contributed by atoms with van der Waals surface area (Å²) in [6, 6.07) is 5.92. The van der Waals surface area contributed by atoms with Crippen molar-refractivity contribution in [1.82, 2.24) is 9.80 Å². The molecule has 6 heteroatoms. The summed E-state index contributed by atoms with van der Waals surface area (Å²) >= 11 is 6.47. The first-order valence-electron chi connectivity index (χ1n) is 11.6. The lowest BCUT2D eigenvalue weighted by Crippen LogP contribution is -2.44. The summed E-state index contributed by atoms with van der Waals surface area (Å²) in [5.41, 5.74) is 0.816. The summed E-state index contributed by atoms with van der Waals surface area (Å²) in [6.07, 6.45) is 11.0. The molecule has 5 nitrogen and oxygen atoms in total. The number of carbonyl (C=O) groups excluding carboxylic acids is 1. The van der Waals surface area contributed by atoms with E-state index in [1.165, 1.54) is 12.8 Å². The fourth-order valence-electron chi connectivity index (χ4n) is 4.26. The van der Waals surface area contributed by atoms with E-state index in [0.29, 0.717) is 16.8 Å². The van der Waals surface area contributed by atoms with Gasteiger partial charge in [-0.25, -0.2) is 0 Å². The first-order chi connectivity index (χ1) is 14.9. The second kappa shape index (κ2) is 11.9. The molecule has 0 aromatic heterocycles. The van der Waals surface area contributed by atoms with Crippen molar-refractivity contribution in [2.24, 2.45) is 5.92 Å². The fourth-order valence-corrected chi connectivity index (χ4v) is 4.50. The molecule has 1 saturated heterocycles. The van der Waals surface area contributed by atoms with Crippen LogP contribution in [-0.2, 0) is 9.53 Å². The molecule has 0 radical (unpaired) electrons. The number of amides is 1. The zero-order valence-electron chi connectivity index (χ0n) is 19.2. The molecular formula is C25H37ClN2O3. The Morgan fingerprint density at radius 3 is 2.58 bits per heavy atom. The molecule has 1 aliphatic heterocycles. The number of nitrogens with zero attached hydrogens (tertiary/aromatic N) is 2. The highest BCUT2D eigenvalue weighted by atomic mass is 35.5. The van der Waals surface area contributed by atoms with E-state index in [1.54, 1.807) is 12.1 Å². The topological polar surface area (TPSA) is 42.0 Å². The van der Waals surface area contributed by atoms with Crippen LogP contribution in [0.1, 0.15) is 57.4 Å². The standard InChI is InChI=1S/C25H37ClN2O3/c1-19-7-11-21(12-8-19)28(16-15-27(2)3)24(29)14-10-20-9-13-22(18-23(20)26)31-25-6-4-5-17-30-25/h9-10,13-14,18-19,21,25H,4-8,11-12,15-17H2,1-3H3/t19-,21-,25?. The Morgan fingerprint density at radius 2 is 1.94 bits per heavy atom. The quantitative estimate of drug-likeness (QED) is 0.511. The monoisotopic (exact) mass is 448 g/mol. The van der Waals surface area contributed by atoms with Crippen molar-refractivity contribution in [3.63, 3.8) is 0 Å². The summed E-state index contributed by atoms with van der Waals surface area (Å²) in [5.74, 6) is 1.52. The minimum absolute atomic E-state index is 0.0633. The Hall–Kier alpha value is -1.56. The van der Waals surface area contributed by atoms with Crippen molar-refractivity contribution in [3.05, 3.63) is 34.9 Å². The van der Waals surface area contributed by atoms with E-state index in [2.05, 4.69) is 11.8 Å². The molecule has 0 N–H and O–H groups in total. The van der Waals surface area contributed by atoms with Gasteiger partial charge in [-0.15, -0.1) is 0 Å². The van der Waals surface area contributed by atoms with Crippen LogP contribution < -0.4 is 4.74 Å². The zero-order chi connectivity index (χ0) is 22.2. The number of benzene rings is 1. The van der Waals surface area contributed by atoms with E-state index in [1.807, 2.05) is 37.2 Å². The molecule has 0 bridgehead atoms. The van der Waals surface area contributed by atoms with Gasteiger partial charge >= 0.3 is 0 Å². The SMILES string of the molecule is CN(C)CCN(C(=O)C=Cc1ccc(OC2CCCCO2)cc1Cl)[C@H]1CC[C@H](C)CC1. The van der Waals surface area contributed by atoms with Gasteiger partial charge in [-0.05, 0) is 88.4 Å². The van der Waals surface area contributed by atoms with Gasteiger partial charge in [-0.2, -0.15) is 0 Å². The molecule has 1 heterocycles. The Morgan fingerprint density at radius 1 is 1.16 bits per heavy atom. The van der Waals surface area contributed by atoms with Crippen LogP contribution in [0.25, 0.3) is 6.08 Å². The second-order valence-electron chi connectivity index (χ2n) is 9.18. The number of rotatable bonds is 8. The van der Waals surface area contributed by atoms with Crippen LogP contribution >= 0.6 is 11.6 Å². The second-order valence-corrected chi connectivity index (χ2v) is 9.59. The molecule has 0 spiro atoms. The first kappa shape index (κ1) is 24.1. The molecule has 1 aromatic carbocycles. The predicted octanol–water partition coefficient (Wildman–Crippen LogP) is 5.23. The lowest BCUT2D eigenvalue weighted by atomic mass is 9.86. The highest BCUT2D eigenvalue weighted by Crippen LogP contribution is 2.28. The molecule has 31 heavy (non-hydrogen) atoms. The maximum Gasteiger partial charge on any atom is 0.246 e. The van der Waals surface area contributed by atoms with Gasteiger partial charge in [0, 0.05) is 31.6 Å².